The number of fused-ring (bicyclic) bond motifs is 1. The number of esters is 1. The van der Waals surface area contributed by atoms with Crippen molar-refractivity contribution >= 4 is 34.4 Å². The van der Waals surface area contributed by atoms with Crippen molar-refractivity contribution in [1.82, 2.24) is 15.2 Å². The van der Waals surface area contributed by atoms with Gasteiger partial charge in [-0.3, -0.25) is 9.78 Å². The lowest BCUT2D eigenvalue weighted by atomic mass is 10.0. The van der Waals surface area contributed by atoms with Gasteiger partial charge in [0, 0.05) is 30.2 Å². The number of nitrogens with zero attached hydrogens (tertiary/aromatic N) is 2. The maximum absolute atomic E-state index is 12.7. The number of nitrogens with one attached hydrogen (secondary N) is 1. The molecule has 0 fully saturated rings. The normalized spacial score (nSPS) is 12.8. The van der Waals surface area contributed by atoms with Crippen molar-refractivity contribution in [2.75, 3.05) is 13.7 Å². The van der Waals surface area contributed by atoms with E-state index in [1.54, 1.807) is 25.1 Å². The Hall–Kier alpha value is -3.12. The summed E-state index contributed by atoms with van der Waals surface area (Å²) >= 11 is 6.32. The molecule has 1 aromatic heterocycles. The van der Waals surface area contributed by atoms with Crippen molar-refractivity contribution < 1.29 is 14.3 Å². The second-order valence-electron chi connectivity index (χ2n) is 8.19. The van der Waals surface area contributed by atoms with Crippen molar-refractivity contribution in [3.05, 3.63) is 76.6 Å². The molecule has 2 aromatic carbocycles. The zero-order valence-corrected chi connectivity index (χ0v) is 20.2. The number of aromatic nitrogens is 1. The number of hydrogen-bond donors (Lipinski definition) is 1. The average Bonchev–Trinajstić information content (AvgIpc) is 2.84. The summed E-state index contributed by atoms with van der Waals surface area (Å²) in [5, 5.41) is 5.58. The number of amides is 2. The third kappa shape index (κ3) is 6.02. The van der Waals surface area contributed by atoms with Crippen molar-refractivity contribution in [3.63, 3.8) is 0 Å². The molecule has 0 spiro atoms. The molecule has 2 atom stereocenters. The van der Waals surface area contributed by atoms with E-state index >= 15 is 0 Å². The molecule has 174 valence electrons. The second-order valence-corrected chi connectivity index (χ2v) is 8.57. The molecule has 0 radical (unpaired) electrons. The Morgan fingerprint density at radius 3 is 2.61 bits per heavy atom. The van der Waals surface area contributed by atoms with E-state index in [-0.39, 0.29) is 24.6 Å². The largest absolute Gasteiger partial charge is 0.463 e. The van der Waals surface area contributed by atoms with Gasteiger partial charge in [-0.1, -0.05) is 61.0 Å². The van der Waals surface area contributed by atoms with Gasteiger partial charge in [0.25, 0.3) is 0 Å². The number of rotatable bonds is 8. The van der Waals surface area contributed by atoms with E-state index in [4.69, 9.17) is 16.3 Å². The Kier molecular flexibility index (Phi) is 8.28. The third-order valence-electron chi connectivity index (χ3n) is 5.91. The monoisotopic (exact) mass is 467 g/mol. The van der Waals surface area contributed by atoms with Gasteiger partial charge in [-0.15, -0.1) is 0 Å². The minimum atomic E-state index is -0.505. The Morgan fingerprint density at radius 2 is 1.88 bits per heavy atom. The summed E-state index contributed by atoms with van der Waals surface area (Å²) in [6, 6.07) is 15.0. The lowest BCUT2D eigenvalue weighted by molar-refractivity contribution is -0.146. The fourth-order valence-electron chi connectivity index (χ4n) is 3.57. The van der Waals surface area contributed by atoms with Gasteiger partial charge >= 0.3 is 12.0 Å². The Balaban J connectivity index is 1.55. The van der Waals surface area contributed by atoms with Crippen LogP contribution in [0.1, 0.15) is 43.0 Å². The van der Waals surface area contributed by atoms with Crippen LogP contribution in [0.5, 0.6) is 0 Å². The number of likely N-dealkylation sites (N-methyl/N-ethyl adjacent to an activating group) is 1. The van der Waals surface area contributed by atoms with E-state index in [9.17, 15) is 9.59 Å². The van der Waals surface area contributed by atoms with Crippen LogP contribution in [0.25, 0.3) is 10.8 Å². The first-order valence-corrected chi connectivity index (χ1v) is 11.5. The van der Waals surface area contributed by atoms with E-state index in [0.29, 0.717) is 23.7 Å². The Labute approximate surface area is 199 Å². The highest BCUT2D eigenvalue weighted by atomic mass is 35.5. The number of benzene rings is 2. The van der Waals surface area contributed by atoms with Crippen molar-refractivity contribution in [1.29, 1.82) is 0 Å². The maximum Gasteiger partial charge on any atom is 0.317 e. The summed E-state index contributed by atoms with van der Waals surface area (Å²) in [6.07, 6.45) is 2.41. The molecule has 0 aliphatic rings. The molecule has 6 nitrogen and oxygen atoms in total. The third-order valence-corrected chi connectivity index (χ3v) is 6.45. The Morgan fingerprint density at radius 1 is 1.15 bits per heavy atom. The number of hydrogen-bond acceptors (Lipinski definition) is 4. The van der Waals surface area contributed by atoms with Crippen LogP contribution in [-0.4, -0.2) is 41.6 Å². The van der Waals surface area contributed by atoms with Crippen LogP contribution in [0.2, 0.25) is 5.02 Å². The standard InChI is InChI=1S/C26H30ClN3O3/c1-5-22(30(4)26(32)29-15-21-12-8-9-17(2)24(21)27)16-33-25(31)18(3)23-13-19-10-6-7-11-20(19)14-28-23/h6-14,18,22H,5,15-16H2,1-4H3,(H,29,32). The molecule has 1 N–H and O–H groups in total. The van der Waals surface area contributed by atoms with Crippen LogP contribution in [0.3, 0.4) is 0 Å². The number of carbonyl (C=O) groups is 2. The van der Waals surface area contributed by atoms with E-state index in [0.717, 1.165) is 21.9 Å². The van der Waals surface area contributed by atoms with Gasteiger partial charge in [0.2, 0.25) is 0 Å². The highest BCUT2D eigenvalue weighted by Crippen LogP contribution is 2.21. The molecule has 2 amide bonds. The smallest absolute Gasteiger partial charge is 0.317 e. The lowest BCUT2D eigenvalue weighted by Gasteiger charge is -2.27. The quantitative estimate of drug-likeness (QED) is 0.446. The van der Waals surface area contributed by atoms with Gasteiger partial charge in [-0.2, -0.15) is 0 Å². The van der Waals surface area contributed by atoms with Crippen LogP contribution in [0.15, 0.2) is 54.7 Å². The van der Waals surface area contributed by atoms with Crippen molar-refractivity contribution in [2.24, 2.45) is 0 Å². The highest BCUT2D eigenvalue weighted by molar-refractivity contribution is 6.32. The van der Waals surface area contributed by atoms with E-state index < -0.39 is 5.92 Å². The summed E-state index contributed by atoms with van der Waals surface area (Å²) in [6.45, 7) is 6.10. The minimum Gasteiger partial charge on any atom is -0.463 e. The topological polar surface area (TPSA) is 71.5 Å². The minimum absolute atomic E-state index is 0.113. The summed E-state index contributed by atoms with van der Waals surface area (Å²) < 4.78 is 5.57. The number of pyridine rings is 1. The summed E-state index contributed by atoms with van der Waals surface area (Å²) in [5.41, 5.74) is 2.48. The van der Waals surface area contributed by atoms with E-state index in [2.05, 4.69) is 10.3 Å². The maximum atomic E-state index is 12.7. The van der Waals surface area contributed by atoms with Gasteiger partial charge < -0.3 is 15.0 Å². The number of urea groups is 1. The molecule has 0 aliphatic carbocycles. The van der Waals surface area contributed by atoms with Crippen LogP contribution in [0.4, 0.5) is 4.79 Å². The molecule has 0 saturated heterocycles. The zero-order chi connectivity index (χ0) is 24.0. The zero-order valence-electron chi connectivity index (χ0n) is 19.5. The molecule has 3 aromatic rings. The second kappa shape index (κ2) is 11.1. The van der Waals surface area contributed by atoms with E-state index in [1.807, 2.05) is 62.4 Å². The van der Waals surface area contributed by atoms with Crippen molar-refractivity contribution in [3.8, 4) is 0 Å². The van der Waals surface area contributed by atoms with Crippen molar-refractivity contribution in [2.45, 2.75) is 45.7 Å². The molecule has 7 heteroatoms. The average molecular weight is 468 g/mol. The number of carbonyl (C=O) groups excluding carboxylic acids is 2. The first kappa shape index (κ1) is 24.5. The van der Waals surface area contributed by atoms with Gasteiger partial charge in [-0.25, -0.2) is 4.79 Å². The van der Waals surface area contributed by atoms with Crippen LogP contribution in [-0.2, 0) is 16.1 Å². The van der Waals surface area contributed by atoms with E-state index in [1.165, 1.54) is 0 Å². The summed E-state index contributed by atoms with van der Waals surface area (Å²) in [7, 11) is 1.70. The number of aryl methyl sites for hydroxylation is 1. The first-order valence-electron chi connectivity index (χ1n) is 11.1. The number of halogens is 1. The molecule has 0 aliphatic heterocycles. The van der Waals surface area contributed by atoms with Gasteiger partial charge in [0.05, 0.1) is 17.7 Å². The molecule has 2 unspecified atom stereocenters. The fourth-order valence-corrected chi connectivity index (χ4v) is 3.76. The molecule has 33 heavy (non-hydrogen) atoms. The molecular formula is C26H30ClN3O3. The lowest BCUT2D eigenvalue weighted by Crippen LogP contribution is -2.45. The fraction of sp³-hybridized carbons (Fsp3) is 0.346. The number of ether oxygens (including phenoxy) is 1. The summed E-state index contributed by atoms with van der Waals surface area (Å²) in [5.74, 6) is -0.869. The molecular weight excluding hydrogens is 438 g/mol. The van der Waals surface area contributed by atoms with Crippen LogP contribution in [0, 0.1) is 6.92 Å². The summed E-state index contributed by atoms with van der Waals surface area (Å²) in [4.78, 5) is 31.3. The van der Waals surface area contributed by atoms with Gasteiger partial charge in [0.15, 0.2) is 0 Å². The van der Waals surface area contributed by atoms with Crippen LogP contribution >= 0.6 is 11.6 Å². The SMILES string of the molecule is CCC(COC(=O)C(C)c1cc2ccccc2cn1)N(C)C(=O)NCc1cccc(C)c1Cl. The van der Waals surface area contributed by atoms with Gasteiger partial charge in [-0.05, 0) is 42.8 Å². The molecule has 0 saturated carbocycles. The highest BCUT2D eigenvalue weighted by Gasteiger charge is 2.23. The first-order chi connectivity index (χ1) is 15.8. The predicted octanol–water partition coefficient (Wildman–Crippen LogP) is 5.46. The van der Waals surface area contributed by atoms with Gasteiger partial charge in [0.1, 0.15) is 6.61 Å². The molecule has 1 heterocycles. The van der Waals surface area contributed by atoms with Crippen LogP contribution < -0.4 is 5.32 Å². The molecule has 3 rings (SSSR count). The Bertz CT molecular complexity index is 1130. The predicted molar refractivity (Wildman–Crippen MR) is 131 cm³/mol. The molecule has 0 bridgehead atoms.